The van der Waals surface area contributed by atoms with Crippen LogP contribution in [0.15, 0.2) is 24.0 Å². The maximum atomic E-state index is 5.46. The van der Waals surface area contributed by atoms with Crippen LogP contribution in [-0.4, -0.2) is 19.2 Å². The molecule has 1 heterocycles. The lowest BCUT2D eigenvalue weighted by atomic mass is 10.1. The molecule has 2 nitrogen and oxygen atoms in total. The molecule has 0 fully saturated rings. The minimum absolute atomic E-state index is 0.279. The van der Waals surface area contributed by atoms with E-state index in [-0.39, 0.29) is 6.10 Å². The van der Waals surface area contributed by atoms with Gasteiger partial charge >= 0.3 is 0 Å². The Hall–Kier alpha value is -0.760. The molecular formula is C11H19NO. The van der Waals surface area contributed by atoms with E-state index in [9.17, 15) is 0 Å². The van der Waals surface area contributed by atoms with Crippen LogP contribution < -0.4 is 5.32 Å². The maximum absolute atomic E-state index is 5.46. The van der Waals surface area contributed by atoms with Gasteiger partial charge in [0.15, 0.2) is 0 Å². The van der Waals surface area contributed by atoms with Crippen molar-refractivity contribution in [3.63, 3.8) is 0 Å². The zero-order chi connectivity index (χ0) is 9.68. The molecule has 1 N–H and O–H groups in total. The monoisotopic (exact) mass is 181 g/mol. The first-order valence-electron chi connectivity index (χ1n) is 4.90. The minimum Gasteiger partial charge on any atom is -0.494 e. The lowest BCUT2D eigenvalue weighted by Crippen LogP contribution is -2.23. The normalized spacial score (nSPS) is 25.5. The molecule has 74 valence electrons. The lowest BCUT2D eigenvalue weighted by Gasteiger charge is -2.18. The molecule has 0 saturated carbocycles. The molecule has 0 amide bonds. The van der Waals surface area contributed by atoms with Gasteiger partial charge in [0.1, 0.15) is 6.10 Å². The van der Waals surface area contributed by atoms with Crippen molar-refractivity contribution in [3.8, 4) is 0 Å². The second kappa shape index (κ2) is 5.07. The first kappa shape index (κ1) is 10.3. The highest BCUT2D eigenvalue weighted by Gasteiger charge is 2.09. The van der Waals surface area contributed by atoms with E-state index < -0.39 is 0 Å². The van der Waals surface area contributed by atoms with E-state index in [1.54, 1.807) is 0 Å². The Balaban J connectivity index is 2.48. The zero-order valence-electron chi connectivity index (χ0n) is 8.71. The first-order valence-corrected chi connectivity index (χ1v) is 4.90. The number of rotatable bonds is 3. The van der Waals surface area contributed by atoms with Gasteiger partial charge in [-0.1, -0.05) is 5.57 Å². The molecule has 0 bridgehead atoms. The van der Waals surface area contributed by atoms with Crippen LogP contribution in [0.2, 0.25) is 0 Å². The van der Waals surface area contributed by atoms with Gasteiger partial charge in [0.25, 0.3) is 0 Å². The Bertz CT molecular complexity index is 208. The van der Waals surface area contributed by atoms with Crippen LogP contribution in [-0.2, 0) is 4.74 Å². The predicted molar refractivity (Wildman–Crippen MR) is 55.5 cm³/mol. The summed E-state index contributed by atoms with van der Waals surface area (Å²) in [6.07, 6.45) is 8.60. The SMILES string of the molecule is CNC(C)/C(C)=C/C1CCC=CO1. The third kappa shape index (κ3) is 3.23. The lowest BCUT2D eigenvalue weighted by molar-refractivity contribution is 0.164. The summed E-state index contributed by atoms with van der Waals surface area (Å²) < 4.78 is 5.46. The molecule has 1 rings (SSSR count). The van der Waals surface area contributed by atoms with Gasteiger partial charge < -0.3 is 10.1 Å². The smallest absolute Gasteiger partial charge is 0.117 e. The summed E-state index contributed by atoms with van der Waals surface area (Å²) in [7, 11) is 1.98. The molecule has 0 spiro atoms. The summed E-state index contributed by atoms with van der Waals surface area (Å²) in [5.74, 6) is 0. The van der Waals surface area contributed by atoms with Gasteiger partial charge in [-0.3, -0.25) is 0 Å². The second-order valence-corrected chi connectivity index (χ2v) is 3.54. The van der Waals surface area contributed by atoms with Gasteiger partial charge in [0, 0.05) is 6.04 Å². The average Bonchev–Trinajstić information content (AvgIpc) is 2.18. The van der Waals surface area contributed by atoms with Crippen LogP contribution in [0.4, 0.5) is 0 Å². The number of nitrogens with one attached hydrogen (secondary N) is 1. The van der Waals surface area contributed by atoms with Crippen molar-refractivity contribution < 1.29 is 4.74 Å². The molecule has 1 aliphatic rings. The molecule has 2 atom stereocenters. The van der Waals surface area contributed by atoms with E-state index in [0.717, 1.165) is 12.8 Å². The van der Waals surface area contributed by atoms with Crippen LogP contribution in [0.3, 0.4) is 0 Å². The molecule has 13 heavy (non-hydrogen) atoms. The number of hydrogen-bond donors (Lipinski definition) is 1. The highest BCUT2D eigenvalue weighted by molar-refractivity contribution is 5.10. The van der Waals surface area contributed by atoms with E-state index in [1.165, 1.54) is 5.57 Å². The highest BCUT2D eigenvalue weighted by atomic mass is 16.5. The number of hydrogen-bond acceptors (Lipinski definition) is 2. The van der Waals surface area contributed by atoms with Crippen molar-refractivity contribution in [1.29, 1.82) is 0 Å². The van der Waals surface area contributed by atoms with E-state index in [4.69, 9.17) is 4.74 Å². The Morgan fingerprint density at radius 2 is 2.46 bits per heavy atom. The van der Waals surface area contributed by atoms with E-state index in [1.807, 2.05) is 13.3 Å². The fourth-order valence-electron chi connectivity index (χ4n) is 1.34. The second-order valence-electron chi connectivity index (χ2n) is 3.54. The van der Waals surface area contributed by atoms with Crippen molar-refractivity contribution in [2.75, 3.05) is 7.05 Å². The molecular weight excluding hydrogens is 162 g/mol. The van der Waals surface area contributed by atoms with Crippen LogP contribution in [0.5, 0.6) is 0 Å². The maximum Gasteiger partial charge on any atom is 0.117 e. The molecule has 0 aromatic carbocycles. The molecule has 0 aliphatic carbocycles. The Morgan fingerprint density at radius 1 is 1.69 bits per heavy atom. The van der Waals surface area contributed by atoms with Crippen molar-refractivity contribution in [2.45, 2.75) is 38.8 Å². The summed E-state index contributed by atoms with van der Waals surface area (Å²) in [5, 5.41) is 3.21. The van der Waals surface area contributed by atoms with Gasteiger partial charge in [-0.15, -0.1) is 0 Å². The summed E-state index contributed by atoms with van der Waals surface area (Å²) in [5.41, 5.74) is 1.35. The van der Waals surface area contributed by atoms with Crippen LogP contribution >= 0.6 is 0 Å². The standard InChI is InChI=1S/C11H19NO/c1-9(10(2)12-3)8-11-6-4-5-7-13-11/h5,7-8,10-12H,4,6H2,1-3H3/b9-8+. The van der Waals surface area contributed by atoms with E-state index in [2.05, 4.69) is 31.3 Å². The largest absolute Gasteiger partial charge is 0.494 e. The van der Waals surface area contributed by atoms with Gasteiger partial charge in [0.05, 0.1) is 6.26 Å². The predicted octanol–water partition coefficient (Wildman–Crippen LogP) is 2.23. The van der Waals surface area contributed by atoms with E-state index >= 15 is 0 Å². The van der Waals surface area contributed by atoms with Gasteiger partial charge in [-0.05, 0) is 45.9 Å². The van der Waals surface area contributed by atoms with Gasteiger partial charge in [-0.2, -0.15) is 0 Å². The molecule has 0 radical (unpaired) electrons. The third-order valence-corrected chi connectivity index (χ3v) is 2.53. The zero-order valence-corrected chi connectivity index (χ0v) is 8.71. The van der Waals surface area contributed by atoms with E-state index in [0.29, 0.717) is 6.04 Å². The molecule has 0 aromatic heterocycles. The van der Waals surface area contributed by atoms with Gasteiger partial charge in [0.2, 0.25) is 0 Å². The average molecular weight is 181 g/mol. The third-order valence-electron chi connectivity index (χ3n) is 2.53. The topological polar surface area (TPSA) is 21.3 Å². The van der Waals surface area contributed by atoms with Crippen molar-refractivity contribution in [3.05, 3.63) is 24.0 Å². The molecule has 2 heteroatoms. The number of likely N-dealkylation sites (N-methyl/N-ethyl adjacent to an activating group) is 1. The Labute approximate surface area is 80.7 Å². The summed E-state index contributed by atoms with van der Waals surface area (Å²) in [6.45, 7) is 4.30. The summed E-state index contributed by atoms with van der Waals surface area (Å²) in [6, 6.07) is 0.439. The minimum atomic E-state index is 0.279. The number of allylic oxidation sites excluding steroid dienone is 1. The van der Waals surface area contributed by atoms with Crippen molar-refractivity contribution >= 4 is 0 Å². The Morgan fingerprint density at radius 3 is 3.00 bits per heavy atom. The fraction of sp³-hybridized carbons (Fsp3) is 0.636. The molecule has 2 unspecified atom stereocenters. The van der Waals surface area contributed by atoms with Crippen LogP contribution in [0, 0.1) is 0 Å². The van der Waals surface area contributed by atoms with Crippen molar-refractivity contribution in [2.24, 2.45) is 0 Å². The summed E-state index contributed by atoms with van der Waals surface area (Å²) in [4.78, 5) is 0. The molecule has 0 aromatic rings. The fourth-order valence-corrected chi connectivity index (χ4v) is 1.34. The summed E-state index contributed by atoms with van der Waals surface area (Å²) >= 11 is 0. The number of ether oxygens (including phenoxy) is 1. The molecule has 1 aliphatic heterocycles. The highest BCUT2D eigenvalue weighted by Crippen LogP contribution is 2.14. The van der Waals surface area contributed by atoms with Crippen molar-refractivity contribution in [1.82, 2.24) is 5.32 Å². The van der Waals surface area contributed by atoms with Crippen LogP contribution in [0.25, 0.3) is 0 Å². The Kier molecular flexibility index (Phi) is 4.03. The van der Waals surface area contributed by atoms with Crippen LogP contribution in [0.1, 0.15) is 26.7 Å². The molecule has 0 saturated heterocycles. The quantitative estimate of drug-likeness (QED) is 0.674. The first-order chi connectivity index (χ1) is 6.24. The van der Waals surface area contributed by atoms with Gasteiger partial charge in [-0.25, -0.2) is 0 Å².